The third-order valence-electron chi connectivity index (χ3n) is 0. The minimum atomic E-state index is 0. The summed E-state index contributed by atoms with van der Waals surface area (Å²) < 4.78 is 0. The molecule has 4 heavy (non-hydrogen) atoms. The fourth-order valence-corrected chi connectivity index (χ4v) is 0. The molecule has 0 aromatic rings. The summed E-state index contributed by atoms with van der Waals surface area (Å²) in [5.74, 6) is 0. The SMILES string of the molecule is O.[Ba+2].[BiH3].[H-].[H-].[PbH2]. The first-order valence-corrected chi connectivity index (χ1v) is 0. The molecule has 0 unspecified atom stereocenters. The molecular formula is H9BaBiOPb. The first kappa shape index (κ1) is 26.5. The second-order valence-corrected chi connectivity index (χ2v) is 0. The Bertz CT molecular complexity index is 13.5. The molecule has 0 fully saturated rings. The summed E-state index contributed by atoms with van der Waals surface area (Å²) in [5.41, 5.74) is 0. The predicted molar refractivity (Wildman–Crippen MR) is 30.1 cm³/mol. The first-order valence-electron chi connectivity index (χ1n) is 0. The molecule has 0 aliphatic heterocycles. The van der Waals surface area contributed by atoms with Crippen LogP contribution in [0.3, 0.4) is 0 Å². The van der Waals surface area contributed by atoms with Gasteiger partial charge in [0.15, 0.2) is 0 Å². The molecular weight excluding hydrogens is 570 g/mol. The zero-order chi connectivity index (χ0) is 0. The van der Waals surface area contributed by atoms with Crippen molar-refractivity contribution in [1.29, 1.82) is 0 Å². The summed E-state index contributed by atoms with van der Waals surface area (Å²) in [4.78, 5) is 0. The Hall–Kier alpha value is 3.34. The number of hydrogen-bond donors (Lipinski definition) is 0. The first-order chi connectivity index (χ1) is 0. The van der Waals surface area contributed by atoms with Gasteiger partial charge in [-0.3, -0.25) is 0 Å². The molecule has 2 N–H and O–H groups in total. The molecule has 26 valence electrons. The van der Waals surface area contributed by atoms with Crippen LogP contribution in [0.25, 0.3) is 0 Å². The Balaban J connectivity index is 0. The molecule has 0 atom stereocenters. The van der Waals surface area contributed by atoms with Crippen LogP contribution in [0.15, 0.2) is 0 Å². The third kappa shape index (κ3) is 9.01. The van der Waals surface area contributed by atoms with Gasteiger partial charge >= 0.3 is 102 Å². The van der Waals surface area contributed by atoms with Gasteiger partial charge in [-0.1, -0.05) is 0 Å². The molecule has 0 saturated carbocycles. The molecule has 2 radical (unpaired) electrons. The summed E-state index contributed by atoms with van der Waals surface area (Å²) in [6.45, 7) is 0. The molecule has 0 aliphatic rings. The number of rotatable bonds is 0. The third-order valence-corrected chi connectivity index (χ3v) is 0. The average molecular weight is 579 g/mol. The molecule has 0 rings (SSSR count). The van der Waals surface area contributed by atoms with Crippen LogP contribution < -0.4 is 0 Å². The predicted octanol–water partition coefficient (Wildman–Crippen LogP) is -3.08. The van der Waals surface area contributed by atoms with E-state index in [4.69, 9.17) is 0 Å². The van der Waals surface area contributed by atoms with Gasteiger partial charge in [0.1, 0.15) is 0 Å². The van der Waals surface area contributed by atoms with Crippen molar-refractivity contribution in [2.45, 2.75) is 0 Å². The van der Waals surface area contributed by atoms with Gasteiger partial charge in [0.25, 0.3) is 0 Å². The van der Waals surface area contributed by atoms with Gasteiger partial charge in [0, 0.05) is 0 Å². The van der Waals surface area contributed by atoms with Gasteiger partial charge in [-0.15, -0.1) is 0 Å². The summed E-state index contributed by atoms with van der Waals surface area (Å²) in [7, 11) is 0. The second kappa shape index (κ2) is 16.2. The van der Waals surface area contributed by atoms with E-state index in [1.54, 1.807) is 0 Å². The molecule has 0 saturated heterocycles. The maximum atomic E-state index is 0. The Kier molecular flexibility index (Phi) is 107. The van der Waals surface area contributed by atoms with Crippen LogP contribution in [-0.4, -0.2) is 108 Å². The van der Waals surface area contributed by atoms with Gasteiger partial charge in [-0.25, -0.2) is 0 Å². The van der Waals surface area contributed by atoms with E-state index < -0.39 is 0 Å². The van der Waals surface area contributed by atoms with Crippen molar-refractivity contribution in [2.24, 2.45) is 0 Å². The van der Waals surface area contributed by atoms with E-state index in [1.165, 1.54) is 0 Å². The van der Waals surface area contributed by atoms with Crippen molar-refractivity contribution in [3.63, 3.8) is 0 Å². The normalized spacial score (nSPS) is 0. The van der Waals surface area contributed by atoms with E-state index in [2.05, 4.69) is 0 Å². The van der Waals surface area contributed by atoms with Gasteiger partial charge < -0.3 is 8.33 Å². The fraction of sp³-hybridized carbons (Fsp3) is 0. The molecule has 0 heterocycles. The Labute approximate surface area is 108 Å². The Morgan fingerprint density at radius 2 is 1.25 bits per heavy atom. The van der Waals surface area contributed by atoms with Crippen molar-refractivity contribution in [2.75, 3.05) is 0 Å². The van der Waals surface area contributed by atoms with Crippen molar-refractivity contribution < 1.29 is 8.33 Å². The van der Waals surface area contributed by atoms with Crippen molar-refractivity contribution in [3.05, 3.63) is 0 Å². The molecule has 0 spiro atoms. The molecule has 0 aromatic carbocycles. The van der Waals surface area contributed by atoms with Crippen LogP contribution in [0.1, 0.15) is 2.85 Å². The number of hydrogen-bond acceptors (Lipinski definition) is 0. The molecule has 0 aliphatic carbocycles. The van der Waals surface area contributed by atoms with Crippen LogP contribution in [0, 0.1) is 0 Å². The van der Waals surface area contributed by atoms with Crippen LogP contribution in [-0.2, 0) is 0 Å². The van der Waals surface area contributed by atoms with Gasteiger partial charge in [-0.05, 0) is 0 Å². The van der Waals surface area contributed by atoms with Gasteiger partial charge in [-0.2, -0.15) is 0 Å². The van der Waals surface area contributed by atoms with Crippen molar-refractivity contribution in [1.82, 2.24) is 0 Å². The molecule has 0 bridgehead atoms. The Morgan fingerprint density at radius 3 is 1.25 bits per heavy atom. The van der Waals surface area contributed by atoms with Gasteiger partial charge in [0.05, 0.1) is 0 Å². The Morgan fingerprint density at radius 1 is 1.25 bits per heavy atom. The zero-order valence-electron chi connectivity index (χ0n) is 4.62. The van der Waals surface area contributed by atoms with E-state index in [9.17, 15) is 0 Å². The minimum absolute atomic E-state index is 0. The van der Waals surface area contributed by atoms with Crippen LogP contribution >= 0.6 is 0 Å². The van der Waals surface area contributed by atoms with E-state index in [0.29, 0.717) is 0 Å². The fourth-order valence-electron chi connectivity index (χ4n) is 0. The van der Waals surface area contributed by atoms with E-state index >= 15 is 0 Å². The average Bonchev–Trinajstić information content (AvgIpc) is 0. The van der Waals surface area contributed by atoms with Crippen LogP contribution in [0.5, 0.6) is 0 Å². The molecule has 0 aromatic heterocycles. The quantitative estimate of drug-likeness (QED) is 0.274. The van der Waals surface area contributed by atoms with E-state index in [0.717, 1.165) is 0 Å². The van der Waals surface area contributed by atoms with Gasteiger partial charge in [0.2, 0.25) is 0 Å². The summed E-state index contributed by atoms with van der Waals surface area (Å²) in [6.07, 6.45) is 0. The van der Waals surface area contributed by atoms with Crippen LogP contribution in [0.2, 0.25) is 0 Å². The molecule has 1 nitrogen and oxygen atoms in total. The molecule has 0 amide bonds. The second-order valence-electron chi connectivity index (χ2n) is 0. The maximum absolute atomic E-state index is 0. The topological polar surface area (TPSA) is 31.5 Å². The summed E-state index contributed by atoms with van der Waals surface area (Å²) in [6, 6.07) is 0. The summed E-state index contributed by atoms with van der Waals surface area (Å²) in [5, 5.41) is 0. The van der Waals surface area contributed by atoms with E-state index in [1.807, 2.05) is 0 Å². The summed E-state index contributed by atoms with van der Waals surface area (Å²) >= 11 is 0. The van der Waals surface area contributed by atoms with Crippen LogP contribution in [0.4, 0.5) is 0 Å². The van der Waals surface area contributed by atoms with E-state index in [-0.39, 0.29) is 111 Å². The van der Waals surface area contributed by atoms with Crippen molar-refractivity contribution in [3.8, 4) is 0 Å². The zero-order valence-corrected chi connectivity index (χ0v) is 18.1. The molecule has 4 heteroatoms. The standard InChI is InChI=1S/Ba.Bi.H2O.Pb.7H/h;;1H2;;;;;;;;/q+2;;;;;;;;;2*-1. The van der Waals surface area contributed by atoms with Crippen molar-refractivity contribution >= 4 is 102 Å². The monoisotopic (exact) mass is 580 g/mol.